The molecular weight excluding hydrogens is 382 g/mol. The lowest BCUT2D eigenvalue weighted by atomic mass is 10.2. The van der Waals surface area contributed by atoms with Crippen molar-refractivity contribution in [2.75, 3.05) is 19.5 Å². The monoisotopic (exact) mass is 403 g/mol. The zero-order valence-electron chi connectivity index (χ0n) is 16.8. The average molecular weight is 403 g/mol. The number of hydrogen-bond acceptors (Lipinski definition) is 6. The number of amides is 1. The van der Waals surface area contributed by atoms with Crippen LogP contribution in [-0.4, -0.2) is 35.0 Å². The normalized spacial score (nSPS) is 10.6. The summed E-state index contributed by atoms with van der Waals surface area (Å²) in [6.45, 7) is 2.02. The van der Waals surface area contributed by atoms with Crippen LogP contribution in [0.2, 0.25) is 0 Å². The molecule has 0 aliphatic heterocycles. The summed E-state index contributed by atoms with van der Waals surface area (Å²) in [7, 11) is 3.19. The van der Waals surface area contributed by atoms with E-state index in [1.54, 1.807) is 26.3 Å². The van der Waals surface area contributed by atoms with Gasteiger partial charge in [0.2, 0.25) is 5.95 Å². The lowest BCUT2D eigenvalue weighted by Gasteiger charge is -2.09. The molecule has 2 heterocycles. The van der Waals surface area contributed by atoms with Crippen molar-refractivity contribution in [2.45, 2.75) is 6.92 Å². The lowest BCUT2D eigenvalue weighted by molar-refractivity contribution is 0.0958. The Hall–Kier alpha value is -4.07. The number of aryl methyl sites for hydroxylation is 1. The molecule has 30 heavy (non-hydrogen) atoms. The number of anilines is 2. The third kappa shape index (κ3) is 4.02. The van der Waals surface area contributed by atoms with E-state index in [1.165, 1.54) is 6.20 Å². The van der Waals surface area contributed by atoms with Gasteiger partial charge >= 0.3 is 0 Å². The number of fused-ring (bicyclic) bond motifs is 1. The number of ether oxygens (including phenoxy) is 2. The predicted octanol–water partition coefficient (Wildman–Crippen LogP) is 4.17. The van der Waals surface area contributed by atoms with Gasteiger partial charge in [0, 0.05) is 25.4 Å². The van der Waals surface area contributed by atoms with Crippen LogP contribution < -0.4 is 20.1 Å². The van der Waals surface area contributed by atoms with Gasteiger partial charge < -0.3 is 25.1 Å². The van der Waals surface area contributed by atoms with Gasteiger partial charge in [0.1, 0.15) is 22.9 Å². The Morgan fingerprint density at radius 3 is 2.70 bits per heavy atom. The molecule has 3 N–H and O–H groups in total. The standard InChI is InChI=1S/C22H21N5O3/c1-13-4-7-20(29-3)18(10-13)27-22-25-16-6-5-14(11-17(16)26-22)30-15-8-9-24-19(12-15)21(28)23-2/h4-12H,1-3H3,(H,23,28)(H2,25,26,27). The van der Waals surface area contributed by atoms with Crippen LogP contribution in [-0.2, 0) is 0 Å². The molecule has 0 bridgehead atoms. The molecule has 0 aliphatic carbocycles. The van der Waals surface area contributed by atoms with E-state index in [2.05, 4.69) is 25.6 Å². The molecule has 1 amide bonds. The highest BCUT2D eigenvalue weighted by atomic mass is 16.5. The SMILES string of the molecule is CNC(=O)c1cc(Oc2ccc3[nH]c(Nc4cc(C)ccc4OC)nc3c2)ccn1. The third-order valence-electron chi connectivity index (χ3n) is 4.49. The topological polar surface area (TPSA) is 101 Å². The molecule has 4 rings (SSSR count). The second kappa shape index (κ2) is 8.12. The fourth-order valence-corrected chi connectivity index (χ4v) is 3.02. The van der Waals surface area contributed by atoms with E-state index in [1.807, 2.05) is 43.3 Å². The molecule has 0 atom stereocenters. The Morgan fingerprint density at radius 2 is 1.90 bits per heavy atom. The maximum atomic E-state index is 11.8. The number of carbonyl (C=O) groups is 1. The van der Waals surface area contributed by atoms with E-state index in [9.17, 15) is 4.79 Å². The number of aromatic nitrogens is 3. The number of benzene rings is 2. The minimum atomic E-state index is -0.273. The van der Waals surface area contributed by atoms with Crippen molar-refractivity contribution in [3.8, 4) is 17.2 Å². The Balaban J connectivity index is 1.57. The number of imidazole rings is 1. The van der Waals surface area contributed by atoms with Crippen LogP contribution in [0.3, 0.4) is 0 Å². The van der Waals surface area contributed by atoms with Crippen LogP contribution in [0.1, 0.15) is 16.1 Å². The summed E-state index contributed by atoms with van der Waals surface area (Å²) in [5.41, 5.74) is 3.82. The Labute approximate surface area is 173 Å². The van der Waals surface area contributed by atoms with E-state index >= 15 is 0 Å². The average Bonchev–Trinajstić information content (AvgIpc) is 3.15. The highest BCUT2D eigenvalue weighted by Crippen LogP contribution is 2.30. The highest BCUT2D eigenvalue weighted by molar-refractivity contribution is 5.92. The maximum absolute atomic E-state index is 11.8. The van der Waals surface area contributed by atoms with Gasteiger partial charge in [-0.3, -0.25) is 9.78 Å². The van der Waals surface area contributed by atoms with Crippen LogP contribution in [0.25, 0.3) is 11.0 Å². The zero-order valence-corrected chi connectivity index (χ0v) is 16.8. The molecule has 0 saturated carbocycles. The van der Waals surface area contributed by atoms with Gasteiger partial charge in [0.15, 0.2) is 0 Å². The molecule has 0 spiro atoms. The molecule has 0 saturated heterocycles. The van der Waals surface area contributed by atoms with E-state index in [-0.39, 0.29) is 11.6 Å². The van der Waals surface area contributed by atoms with E-state index in [4.69, 9.17) is 9.47 Å². The first-order chi connectivity index (χ1) is 14.6. The molecular formula is C22H21N5O3. The number of H-pyrrole nitrogens is 1. The minimum absolute atomic E-state index is 0.273. The van der Waals surface area contributed by atoms with Gasteiger partial charge in [0.25, 0.3) is 5.91 Å². The van der Waals surface area contributed by atoms with E-state index in [0.29, 0.717) is 17.4 Å². The Kier molecular flexibility index (Phi) is 5.21. The summed E-state index contributed by atoms with van der Waals surface area (Å²) < 4.78 is 11.3. The fourth-order valence-electron chi connectivity index (χ4n) is 3.02. The first-order valence-electron chi connectivity index (χ1n) is 9.33. The van der Waals surface area contributed by atoms with Crippen molar-refractivity contribution in [3.63, 3.8) is 0 Å². The van der Waals surface area contributed by atoms with Crippen molar-refractivity contribution >= 4 is 28.6 Å². The molecule has 2 aromatic carbocycles. The lowest BCUT2D eigenvalue weighted by Crippen LogP contribution is -2.18. The highest BCUT2D eigenvalue weighted by Gasteiger charge is 2.10. The van der Waals surface area contributed by atoms with Crippen molar-refractivity contribution in [3.05, 3.63) is 66.0 Å². The zero-order chi connectivity index (χ0) is 21.1. The second-order valence-corrected chi connectivity index (χ2v) is 6.65. The van der Waals surface area contributed by atoms with Crippen molar-refractivity contribution in [1.29, 1.82) is 0 Å². The number of hydrogen-bond donors (Lipinski definition) is 3. The molecule has 0 fully saturated rings. The van der Waals surface area contributed by atoms with Gasteiger partial charge in [-0.2, -0.15) is 0 Å². The van der Waals surface area contributed by atoms with Crippen LogP contribution in [0.15, 0.2) is 54.7 Å². The minimum Gasteiger partial charge on any atom is -0.495 e. The summed E-state index contributed by atoms with van der Waals surface area (Å²) in [5, 5.41) is 5.81. The van der Waals surface area contributed by atoms with Crippen LogP contribution >= 0.6 is 0 Å². The summed E-state index contributed by atoms with van der Waals surface area (Å²) in [4.78, 5) is 23.6. The molecule has 0 aliphatic rings. The van der Waals surface area contributed by atoms with Gasteiger partial charge in [0.05, 0.1) is 23.8 Å². The molecule has 152 valence electrons. The number of nitrogens with zero attached hydrogens (tertiary/aromatic N) is 2. The van der Waals surface area contributed by atoms with Crippen molar-refractivity contribution in [2.24, 2.45) is 0 Å². The number of aromatic amines is 1. The van der Waals surface area contributed by atoms with E-state index < -0.39 is 0 Å². The largest absolute Gasteiger partial charge is 0.495 e. The van der Waals surface area contributed by atoms with Crippen LogP contribution in [0, 0.1) is 6.92 Å². The molecule has 8 heteroatoms. The summed E-state index contributed by atoms with van der Waals surface area (Å²) in [6.07, 6.45) is 1.53. The van der Waals surface area contributed by atoms with Gasteiger partial charge in [-0.15, -0.1) is 0 Å². The number of methoxy groups -OCH3 is 1. The van der Waals surface area contributed by atoms with Crippen LogP contribution in [0.4, 0.5) is 11.6 Å². The summed E-state index contributed by atoms with van der Waals surface area (Å²) in [5.74, 6) is 2.17. The molecule has 2 aromatic heterocycles. The number of carbonyl (C=O) groups excluding carboxylic acids is 1. The Bertz CT molecular complexity index is 1220. The van der Waals surface area contributed by atoms with Gasteiger partial charge in [-0.1, -0.05) is 6.07 Å². The van der Waals surface area contributed by atoms with Crippen LogP contribution in [0.5, 0.6) is 17.2 Å². The molecule has 0 radical (unpaired) electrons. The van der Waals surface area contributed by atoms with Gasteiger partial charge in [-0.25, -0.2) is 4.98 Å². The third-order valence-corrected chi connectivity index (χ3v) is 4.49. The molecule has 8 nitrogen and oxygen atoms in total. The molecule has 0 unspecified atom stereocenters. The van der Waals surface area contributed by atoms with E-state index in [0.717, 1.165) is 28.0 Å². The van der Waals surface area contributed by atoms with Crippen molar-refractivity contribution < 1.29 is 14.3 Å². The Morgan fingerprint density at radius 1 is 1.07 bits per heavy atom. The molecule has 4 aromatic rings. The first-order valence-corrected chi connectivity index (χ1v) is 9.33. The predicted molar refractivity (Wildman–Crippen MR) is 115 cm³/mol. The van der Waals surface area contributed by atoms with Crippen molar-refractivity contribution in [1.82, 2.24) is 20.3 Å². The maximum Gasteiger partial charge on any atom is 0.269 e. The first kappa shape index (κ1) is 19.3. The number of rotatable bonds is 6. The smallest absolute Gasteiger partial charge is 0.269 e. The second-order valence-electron chi connectivity index (χ2n) is 6.65. The summed E-state index contributed by atoms with van der Waals surface area (Å²) in [6, 6.07) is 14.7. The fraction of sp³-hybridized carbons (Fsp3) is 0.136. The summed E-state index contributed by atoms with van der Waals surface area (Å²) >= 11 is 0. The van der Waals surface area contributed by atoms with Gasteiger partial charge in [-0.05, 0) is 42.8 Å². The number of pyridine rings is 1. The number of nitrogens with one attached hydrogen (secondary N) is 3. The quantitative estimate of drug-likeness (QED) is 0.447.